The highest BCUT2D eigenvalue weighted by Gasteiger charge is 2.40. The predicted octanol–water partition coefficient (Wildman–Crippen LogP) is 3.84. The molecule has 13 heavy (non-hydrogen) atoms. The minimum atomic E-state index is 0.626. The van der Waals surface area contributed by atoms with Crippen molar-refractivity contribution in [2.45, 2.75) is 44.9 Å². The number of hydrogen-bond acceptors (Lipinski definition) is 0. The molecule has 0 aliphatic heterocycles. The van der Waals surface area contributed by atoms with Crippen LogP contribution in [0.4, 0.5) is 0 Å². The Balaban J connectivity index is 1.75. The lowest BCUT2D eigenvalue weighted by atomic mass is 9.81. The predicted molar refractivity (Wildman–Crippen MR) is 55.5 cm³/mol. The van der Waals surface area contributed by atoms with E-state index in [1.165, 1.54) is 44.9 Å². The summed E-state index contributed by atoms with van der Waals surface area (Å²) in [5, 5.41) is 0. The highest BCUT2D eigenvalue weighted by Crippen LogP contribution is 2.53. The van der Waals surface area contributed by atoms with E-state index in [1.807, 2.05) is 0 Å². The molecule has 0 saturated heterocycles. The summed E-state index contributed by atoms with van der Waals surface area (Å²) in [7, 11) is 0. The van der Waals surface area contributed by atoms with Crippen LogP contribution in [-0.4, -0.2) is 0 Å². The third-order valence-corrected chi connectivity index (χ3v) is 4.12. The van der Waals surface area contributed by atoms with Crippen LogP contribution >= 0.6 is 0 Å². The Morgan fingerprint density at radius 2 is 2.46 bits per heavy atom. The lowest BCUT2D eigenvalue weighted by Crippen LogP contribution is -2.11. The van der Waals surface area contributed by atoms with Gasteiger partial charge in [-0.1, -0.05) is 23.8 Å². The monoisotopic (exact) mass is 174 g/mol. The van der Waals surface area contributed by atoms with Crippen molar-refractivity contribution in [2.75, 3.05) is 0 Å². The molecular formula is C13H18. The molecule has 70 valence electrons. The van der Waals surface area contributed by atoms with Crippen LogP contribution in [0.15, 0.2) is 23.8 Å². The quantitative estimate of drug-likeness (QED) is 0.558. The van der Waals surface area contributed by atoms with E-state index in [4.69, 9.17) is 0 Å². The topological polar surface area (TPSA) is 0 Å². The third kappa shape index (κ3) is 1.27. The molecule has 1 fully saturated rings. The number of hydrogen-bond donors (Lipinski definition) is 0. The van der Waals surface area contributed by atoms with Gasteiger partial charge in [-0.3, -0.25) is 0 Å². The maximum Gasteiger partial charge on any atom is -0.00752 e. The Morgan fingerprint density at radius 3 is 3.00 bits per heavy atom. The lowest BCUT2D eigenvalue weighted by molar-refractivity contribution is 0.396. The van der Waals surface area contributed by atoms with Crippen molar-refractivity contribution in [1.29, 1.82) is 0 Å². The van der Waals surface area contributed by atoms with Gasteiger partial charge in [0.25, 0.3) is 0 Å². The first-order chi connectivity index (χ1) is 6.36. The second kappa shape index (κ2) is 2.73. The summed E-state index contributed by atoms with van der Waals surface area (Å²) in [5.74, 6) is 0.946. The van der Waals surface area contributed by atoms with Crippen LogP contribution in [-0.2, 0) is 0 Å². The van der Waals surface area contributed by atoms with Gasteiger partial charge >= 0.3 is 0 Å². The van der Waals surface area contributed by atoms with Gasteiger partial charge in [-0.2, -0.15) is 0 Å². The SMILES string of the molecule is C1=CC2(CC3=CCCC3)CCC1C2. The fourth-order valence-electron chi connectivity index (χ4n) is 3.42. The van der Waals surface area contributed by atoms with Gasteiger partial charge in [-0.05, 0) is 56.3 Å². The molecule has 0 radical (unpaired) electrons. The highest BCUT2D eigenvalue weighted by atomic mass is 14.4. The number of fused-ring (bicyclic) bond motifs is 2. The molecule has 2 atom stereocenters. The van der Waals surface area contributed by atoms with Crippen LogP contribution < -0.4 is 0 Å². The molecule has 0 heteroatoms. The first kappa shape index (κ1) is 7.84. The molecule has 0 amide bonds. The lowest BCUT2D eigenvalue weighted by Gasteiger charge is -2.24. The van der Waals surface area contributed by atoms with Crippen LogP contribution in [0.3, 0.4) is 0 Å². The van der Waals surface area contributed by atoms with Gasteiger partial charge in [0.15, 0.2) is 0 Å². The molecule has 0 aromatic carbocycles. The summed E-state index contributed by atoms with van der Waals surface area (Å²) in [6, 6.07) is 0. The van der Waals surface area contributed by atoms with Gasteiger partial charge in [0.2, 0.25) is 0 Å². The maximum atomic E-state index is 2.53. The molecule has 3 aliphatic rings. The smallest absolute Gasteiger partial charge is 0.00752 e. The van der Waals surface area contributed by atoms with E-state index in [-0.39, 0.29) is 0 Å². The Labute approximate surface area is 80.7 Å². The molecule has 2 bridgehead atoms. The Bertz CT molecular complexity index is 272. The van der Waals surface area contributed by atoms with E-state index in [2.05, 4.69) is 18.2 Å². The normalized spacial score (nSPS) is 41.5. The summed E-state index contributed by atoms with van der Waals surface area (Å²) in [6.45, 7) is 0. The van der Waals surface area contributed by atoms with Gasteiger partial charge < -0.3 is 0 Å². The molecule has 2 unspecified atom stereocenters. The van der Waals surface area contributed by atoms with Crippen LogP contribution in [0.2, 0.25) is 0 Å². The van der Waals surface area contributed by atoms with Gasteiger partial charge in [0.1, 0.15) is 0 Å². The van der Waals surface area contributed by atoms with E-state index in [1.54, 1.807) is 5.57 Å². The van der Waals surface area contributed by atoms with Crippen LogP contribution in [0.1, 0.15) is 44.9 Å². The third-order valence-electron chi connectivity index (χ3n) is 4.12. The molecular weight excluding hydrogens is 156 g/mol. The van der Waals surface area contributed by atoms with Gasteiger partial charge in [0.05, 0.1) is 0 Å². The second-order valence-corrected chi connectivity index (χ2v) is 5.16. The fraction of sp³-hybridized carbons (Fsp3) is 0.692. The van der Waals surface area contributed by atoms with Crippen molar-refractivity contribution in [2.24, 2.45) is 11.3 Å². The van der Waals surface area contributed by atoms with E-state index < -0.39 is 0 Å². The average Bonchev–Trinajstić information content (AvgIpc) is 2.79. The van der Waals surface area contributed by atoms with Crippen molar-refractivity contribution in [3.63, 3.8) is 0 Å². The van der Waals surface area contributed by atoms with E-state index in [0.717, 1.165) is 5.92 Å². The van der Waals surface area contributed by atoms with Crippen molar-refractivity contribution in [3.05, 3.63) is 23.8 Å². The average molecular weight is 174 g/mol. The Hall–Kier alpha value is -0.520. The Morgan fingerprint density at radius 1 is 1.46 bits per heavy atom. The first-order valence-corrected chi connectivity index (χ1v) is 5.74. The molecule has 1 saturated carbocycles. The molecule has 0 nitrogen and oxygen atoms in total. The molecule has 3 aliphatic carbocycles. The minimum absolute atomic E-state index is 0.626. The van der Waals surface area contributed by atoms with Crippen LogP contribution in [0.25, 0.3) is 0 Å². The zero-order valence-electron chi connectivity index (χ0n) is 8.26. The zero-order chi connectivity index (χ0) is 8.73. The van der Waals surface area contributed by atoms with Crippen molar-refractivity contribution < 1.29 is 0 Å². The molecule has 0 aromatic heterocycles. The molecule has 0 N–H and O–H groups in total. The van der Waals surface area contributed by atoms with Crippen molar-refractivity contribution in [3.8, 4) is 0 Å². The summed E-state index contributed by atoms with van der Waals surface area (Å²) in [5.41, 5.74) is 2.38. The van der Waals surface area contributed by atoms with Crippen LogP contribution in [0, 0.1) is 11.3 Å². The van der Waals surface area contributed by atoms with Gasteiger partial charge in [0, 0.05) is 0 Å². The van der Waals surface area contributed by atoms with Gasteiger partial charge in [-0.15, -0.1) is 0 Å². The molecule has 0 heterocycles. The zero-order valence-corrected chi connectivity index (χ0v) is 8.26. The summed E-state index contributed by atoms with van der Waals surface area (Å²) in [6.07, 6.45) is 17.4. The molecule has 0 spiro atoms. The summed E-state index contributed by atoms with van der Waals surface area (Å²) in [4.78, 5) is 0. The van der Waals surface area contributed by atoms with Crippen LogP contribution in [0.5, 0.6) is 0 Å². The van der Waals surface area contributed by atoms with Crippen molar-refractivity contribution in [1.82, 2.24) is 0 Å². The maximum absolute atomic E-state index is 2.53. The summed E-state index contributed by atoms with van der Waals surface area (Å²) < 4.78 is 0. The second-order valence-electron chi connectivity index (χ2n) is 5.16. The van der Waals surface area contributed by atoms with Crippen molar-refractivity contribution >= 4 is 0 Å². The van der Waals surface area contributed by atoms with E-state index in [9.17, 15) is 0 Å². The van der Waals surface area contributed by atoms with Gasteiger partial charge in [-0.25, -0.2) is 0 Å². The molecule has 3 rings (SSSR count). The Kier molecular flexibility index (Phi) is 1.65. The standard InChI is InChI=1S/C13H18/c1-2-4-11(3-1)9-13-7-5-12(10-13)6-8-13/h3,5,7,12H,1-2,4,6,8-10H2. The number of rotatable bonds is 2. The summed E-state index contributed by atoms with van der Waals surface area (Å²) >= 11 is 0. The van der Waals surface area contributed by atoms with E-state index >= 15 is 0 Å². The molecule has 0 aromatic rings. The largest absolute Gasteiger partial charge is 0.0853 e. The van der Waals surface area contributed by atoms with E-state index in [0.29, 0.717) is 5.41 Å². The number of allylic oxidation sites excluding steroid dienone is 4. The minimum Gasteiger partial charge on any atom is -0.0853 e. The first-order valence-electron chi connectivity index (χ1n) is 5.74. The fourth-order valence-corrected chi connectivity index (χ4v) is 3.42. The highest BCUT2D eigenvalue weighted by molar-refractivity contribution is 5.21.